The first-order valence-corrected chi connectivity index (χ1v) is 5.44. The van der Waals surface area contributed by atoms with Crippen LogP contribution in [0.3, 0.4) is 0 Å². The summed E-state index contributed by atoms with van der Waals surface area (Å²) in [5.74, 6) is -0.189. The molecule has 76 valence electrons. The molecular formula is C10H11BrO3. The number of carboxylic acid groups (broad SMARTS) is 1. The number of hydrogen-bond donors (Lipinski definition) is 1. The number of carboxylic acids is 1. The molecule has 1 saturated carbocycles. The Balaban J connectivity index is 2.41. The van der Waals surface area contributed by atoms with Crippen LogP contribution in [0.4, 0.5) is 0 Å². The van der Waals surface area contributed by atoms with E-state index in [0.717, 1.165) is 12.8 Å². The van der Waals surface area contributed by atoms with E-state index in [1.54, 1.807) is 12.1 Å². The molecule has 0 radical (unpaired) electrons. The van der Waals surface area contributed by atoms with E-state index in [1.807, 2.05) is 0 Å². The molecule has 14 heavy (non-hydrogen) atoms. The fraction of sp³-hybridized carbons (Fsp3) is 0.500. The van der Waals surface area contributed by atoms with E-state index in [1.165, 1.54) is 0 Å². The van der Waals surface area contributed by atoms with E-state index in [9.17, 15) is 9.90 Å². The second-order valence-corrected chi connectivity index (χ2v) is 4.48. The number of carbonyl (C=O) groups is 1. The van der Waals surface area contributed by atoms with Crippen molar-refractivity contribution < 1.29 is 14.3 Å². The Kier molecular flexibility index (Phi) is 2.39. The summed E-state index contributed by atoms with van der Waals surface area (Å²) in [4.78, 5) is 11.3. The zero-order valence-corrected chi connectivity index (χ0v) is 9.21. The molecule has 0 saturated heterocycles. The lowest BCUT2D eigenvalue weighted by Crippen LogP contribution is -2.31. The van der Waals surface area contributed by atoms with Gasteiger partial charge in [0.1, 0.15) is 11.2 Å². The lowest BCUT2D eigenvalue weighted by atomic mass is 9.84. The van der Waals surface area contributed by atoms with Crippen molar-refractivity contribution in [1.29, 1.82) is 0 Å². The average Bonchev–Trinajstić information content (AvgIpc) is 2.71. The van der Waals surface area contributed by atoms with Crippen LogP contribution in [0.2, 0.25) is 0 Å². The minimum absolute atomic E-state index is 0.578. The summed E-state index contributed by atoms with van der Waals surface area (Å²) in [6, 6.07) is 3.50. The summed E-state index contributed by atoms with van der Waals surface area (Å²) in [6.07, 6.45) is 3.29. The molecule has 1 aromatic heterocycles. The molecule has 0 spiro atoms. The molecule has 1 aliphatic rings. The Hall–Kier alpha value is -0.770. The molecule has 1 aromatic rings. The Morgan fingerprint density at radius 2 is 2.07 bits per heavy atom. The molecule has 2 rings (SSSR count). The minimum Gasteiger partial charge on any atom is -0.480 e. The number of hydrogen-bond acceptors (Lipinski definition) is 2. The van der Waals surface area contributed by atoms with Crippen LogP contribution < -0.4 is 0 Å². The van der Waals surface area contributed by atoms with Crippen LogP contribution in [-0.2, 0) is 10.2 Å². The maximum absolute atomic E-state index is 11.3. The van der Waals surface area contributed by atoms with Gasteiger partial charge in [0.2, 0.25) is 0 Å². The molecule has 0 bridgehead atoms. The highest BCUT2D eigenvalue weighted by atomic mass is 79.9. The van der Waals surface area contributed by atoms with Gasteiger partial charge in [-0.05, 0) is 40.9 Å². The van der Waals surface area contributed by atoms with Crippen molar-refractivity contribution >= 4 is 21.9 Å². The van der Waals surface area contributed by atoms with Crippen LogP contribution in [0.25, 0.3) is 0 Å². The first-order chi connectivity index (χ1) is 6.65. The Bertz CT molecular complexity index is 350. The maximum atomic E-state index is 11.3. The second-order valence-electron chi connectivity index (χ2n) is 3.70. The molecule has 1 aliphatic carbocycles. The molecular weight excluding hydrogens is 248 g/mol. The van der Waals surface area contributed by atoms with Crippen molar-refractivity contribution in [3.63, 3.8) is 0 Å². The second kappa shape index (κ2) is 3.42. The van der Waals surface area contributed by atoms with Crippen molar-refractivity contribution in [3.05, 3.63) is 22.6 Å². The van der Waals surface area contributed by atoms with Gasteiger partial charge in [0.15, 0.2) is 4.67 Å². The van der Waals surface area contributed by atoms with Crippen LogP contribution in [-0.4, -0.2) is 11.1 Å². The quantitative estimate of drug-likeness (QED) is 0.888. The highest BCUT2D eigenvalue weighted by Crippen LogP contribution is 2.42. The molecule has 0 unspecified atom stereocenters. The predicted molar refractivity (Wildman–Crippen MR) is 54.2 cm³/mol. The van der Waals surface area contributed by atoms with E-state index < -0.39 is 11.4 Å². The standard InChI is InChI=1S/C10H11BrO3/c11-8-4-3-7(14-8)10(9(12)13)5-1-2-6-10/h3-4H,1-2,5-6H2,(H,12,13). The van der Waals surface area contributed by atoms with Crippen LogP contribution >= 0.6 is 15.9 Å². The Morgan fingerprint density at radius 1 is 1.43 bits per heavy atom. The Morgan fingerprint density at radius 3 is 2.50 bits per heavy atom. The van der Waals surface area contributed by atoms with Crippen molar-refractivity contribution in [1.82, 2.24) is 0 Å². The number of rotatable bonds is 2. The molecule has 3 nitrogen and oxygen atoms in total. The van der Waals surface area contributed by atoms with Gasteiger partial charge < -0.3 is 9.52 Å². The van der Waals surface area contributed by atoms with E-state index in [0.29, 0.717) is 23.3 Å². The topological polar surface area (TPSA) is 50.4 Å². The van der Waals surface area contributed by atoms with Crippen LogP contribution in [0, 0.1) is 0 Å². The van der Waals surface area contributed by atoms with Crippen LogP contribution in [0.15, 0.2) is 21.2 Å². The monoisotopic (exact) mass is 258 g/mol. The lowest BCUT2D eigenvalue weighted by Gasteiger charge is -2.20. The highest BCUT2D eigenvalue weighted by Gasteiger charge is 2.45. The largest absolute Gasteiger partial charge is 0.480 e. The summed E-state index contributed by atoms with van der Waals surface area (Å²) in [7, 11) is 0. The Labute approximate surface area is 90.2 Å². The third kappa shape index (κ3) is 1.38. The van der Waals surface area contributed by atoms with Gasteiger partial charge in [-0.3, -0.25) is 4.79 Å². The van der Waals surface area contributed by atoms with E-state index in [2.05, 4.69) is 15.9 Å². The number of aliphatic carboxylic acids is 1. The fourth-order valence-electron chi connectivity index (χ4n) is 2.12. The first kappa shape index (κ1) is 9.77. The number of furan rings is 1. The third-order valence-corrected chi connectivity index (χ3v) is 3.34. The van der Waals surface area contributed by atoms with Gasteiger partial charge in [-0.15, -0.1) is 0 Å². The molecule has 1 heterocycles. The van der Waals surface area contributed by atoms with Gasteiger partial charge in [-0.25, -0.2) is 0 Å². The minimum atomic E-state index is -0.772. The van der Waals surface area contributed by atoms with Gasteiger partial charge >= 0.3 is 5.97 Å². The first-order valence-electron chi connectivity index (χ1n) is 4.64. The van der Waals surface area contributed by atoms with Crippen molar-refractivity contribution in [2.75, 3.05) is 0 Å². The molecule has 0 aromatic carbocycles. The van der Waals surface area contributed by atoms with Crippen LogP contribution in [0.1, 0.15) is 31.4 Å². The van der Waals surface area contributed by atoms with Gasteiger partial charge in [-0.2, -0.15) is 0 Å². The summed E-state index contributed by atoms with van der Waals surface area (Å²) < 4.78 is 5.97. The van der Waals surface area contributed by atoms with Crippen molar-refractivity contribution in [2.24, 2.45) is 0 Å². The fourth-order valence-corrected chi connectivity index (χ4v) is 2.42. The van der Waals surface area contributed by atoms with E-state index in [4.69, 9.17) is 4.42 Å². The maximum Gasteiger partial charge on any atom is 0.317 e. The van der Waals surface area contributed by atoms with Crippen LogP contribution in [0.5, 0.6) is 0 Å². The molecule has 4 heteroatoms. The lowest BCUT2D eigenvalue weighted by molar-refractivity contribution is -0.144. The van der Waals surface area contributed by atoms with E-state index in [-0.39, 0.29) is 0 Å². The SMILES string of the molecule is O=C(O)C1(c2ccc(Br)o2)CCCC1. The summed E-state index contributed by atoms with van der Waals surface area (Å²) in [5, 5.41) is 9.25. The van der Waals surface area contributed by atoms with Gasteiger partial charge in [0.05, 0.1) is 0 Å². The third-order valence-electron chi connectivity index (χ3n) is 2.91. The van der Waals surface area contributed by atoms with Crippen molar-refractivity contribution in [2.45, 2.75) is 31.1 Å². The predicted octanol–water partition coefficient (Wildman–Crippen LogP) is 2.94. The molecule has 1 N–H and O–H groups in total. The molecule has 0 amide bonds. The molecule has 0 atom stereocenters. The average molecular weight is 259 g/mol. The number of halogens is 1. The van der Waals surface area contributed by atoms with Crippen molar-refractivity contribution in [3.8, 4) is 0 Å². The zero-order valence-electron chi connectivity index (χ0n) is 7.62. The van der Waals surface area contributed by atoms with Gasteiger partial charge in [0.25, 0.3) is 0 Å². The van der Waals surface area contributed by atoms with Gasteiger partial charge in [-0.1, -0.05) is 12.8 Å². The smallest absolute Gasteiger partial charge is 0.317 e. The summed E-state index contributed by atoms with van der Waals surface area (Å²) >= 11 is 3.19. The van der Waals surface area contributed by atoms with Gasteiger partial charge in [0, 0.05) is 0 Å². The zero-order chi connectivity index (χ0) is 10.2. The molecule has 1 fully saturated rings. The van der Waals surface area contributed by atoms with E-state index >= 15 is 0 Å². The normalized spacial score (nSPS) is 19.8. The summed E-state index contributed by atoms with van der Waals surface area (Å²) in [6.45, 7) is 0. The summed E-state index contributed by atoms with van der Waals surface area (Å²) in [5.41, 5.74) is -0.772. The highest BCUT2D eigenvalue weighted by molar-refractivity contribution is 9.10. The molecule has 0 aliphatic heterocycles.